The fraction of sp³-hybridized carbons (Fsp3) is 0.222. The van der Waals surface area contributed by atoms with Gasteiger partial charge in [0, 0.05) is 12.1 Å². The van der Waals surface area contributed by atoms with E-state index in [-0.39, 0.29) is 10.6 Å². The van der Waals surface area contributed by atoms with Gasteiger partial charge in [-0.05, 0) is 42.3 Å². The van der Waals surface area contributed by atoms with Gasteiger partial charge in [0.2, 0.25) is 0 Å². The zero-order chi connectivity index (χ0) is 18.7. The summed E-state index contributed by atoms with van der Waals surface area (Å²) in [4.78, 5) is 0.192. The Balaban J connectivity index is 1.96. The number of hydrazone groups is 1. The molecule has 1 N–H and O–H groups in total. The SMILES string of the molecule is CCCN(/N=C/c1ccc(O)c(OC)c1)C1=NS(=O)(=O)c2ccccc21. The molecule has 7 nitrogen and oxygen atoms in total. The van der Waals surface area contributed by atoms with Gasteiger partial charge < -0.3 is 9.84 Å². The average molecular weight is 373 g/mol. The molecule has 136 valence electrons. The molecule has 0 spiro atoms. The fourth-order valence-corrected chi connectivity index (χ4v) is 3.82. The summed E-state index contributed by atoms with van der Waals surface area (Å²) < 4.78 is 33.5. The zero-order valence-electron chi connectivity index (χ0n) is 14.5. The number of methoxy groups -OCH3 is 1. The largest absolute Gasteiger partial charge is 0.504 e. The molecule has 2 aromatic carbocycles. The predicted octanol–water partition coefficient (Wildman–Crippen LogP) is 2.60. The highest BCUT2D eigenvalue weighted by atomic mass is 32.2. The van der Waals surface area contributed by atoms with E-state index in [1.165, 1.54) is 13.2 Å². The molecule has 2 aromatic rings. The number of phenols is 1. The molecule has 26 heavy (non-hydrogen) atoms. The van der Waals surface area contributed by atoms with E-state index in [0.29, 0.717) is 29.3 Å². The number of aromatic hydroxyl groups is 1. The van der Waals surface area contributed by atoms with Crippen LogP contribution < -0.4 is 4.74 Å². The summed E-state index contributed by atoms with van der Waals surface area (Å²) in [5, 5.41) is 15.7. The number of nitrogens with zero attached hydrogens (tertiary/aromatic N) is 3. The molecular formula is C18H19N3O4S. The van der Waals surface area contributed by atoms with E-state index in [0.717, 1.165) is 6.42 Å². The van der Waals surface area contributed by atoms with Crippen molar-refractivity contribution in [3.63, 3.8) is 0 Å². The van der Waals surface area contributed by atoms with Crippen LogP contribution in [0.1, 0.15) is 24.5 Å². The quantitative estimate of drug-likeness (QED) is 0.642. The Labute approximate surface area is 152 Å². The van der Waals surface area contributed by atoms with Crippen molar-refractivity contribution in [2.45, 2.75) is 18.2 Å². The molecule has 8 heteroatoms. The second-order valence-electron chi connectivity index (χ2n) is 5.69. The highest BCUT2D eigenvalue weighted by Gasteiger charge is 2.31. The Kier molecular flexibility index (Phi) is 4.94. The smallest absolute Gasteiger partial charge is 0.285 e. The van der Waals surface area contributed by atoms with Crippen molar-refractivity contribution in [3.05, 3.63) is 53.6 Å². The van der Waals surface area contributed by atoms with Crippen LogP contribution in [0.4, 0.5) is 0 Å². The van der Waals surface area contributed by atoms with Crippen LogP contribution >= 0.6 is 0 Å². The monoisotopic (exact) mass is 373 g/mol. The predicted molar refractivity (Wildman–Crippen MR) is 99.4 cm³/mol. The first-order valence-electron chi connectivity index (χ1n) is 8.09. The Bertz CT molecular complexity index is 984. The molecule has 3 rings (SSSR count). The number of rotatable bonds is 5. The third-order valence-corrected chi connectivity index (χ3v) is 5.17. The normalized spacial score (nSPS) is 14.9. The van der Waals surface area contributed by atoms with Crippen molar-refractivity contribution in [1.82, 2.24) is 5.01 Å². The van der Waals surface area contributed by atoms with Gasteiger partial charge in [-0.15, -0.1) is 4.40 Å². The Hall–Kier alpha value is -2.87. The zero-order valence-corrected chi connectivity index (χ0v) is 15.3. The van der Waals surface area contributed by atoms with Crippen LogP contribution in [0.3, 0.4) is 0 Å². The number of phenolic OH excluding ortho intramolecular Hbond substituents is 1. The molecule has 0 saturated carbocycles. The minimum Gasteiger partial charge on any atom is -0.504 e. The van der Waals surface area contributed by atoms with Gasteiger partial charge in [0.15, 0.2) is 17.3 Å². The molecule has 0 radical (unpaired) electrons. The number of benzene rings is 2. The van der Waals surface area contributed by atoms with Gasteiger partial charge in [-0.2, -0.15) is 13.5 Å². The van der Waals surface area contributed by atoms with Gasteiger partial charge in [0.05, 0.1) is 13.3 Å². The first-order valence-corrected chi connectivity index (χ1v) is 9.53. The number of fused-ring (bicyclic) bond motifs is 1. The first-order chi connectivity index (χ1) is 12.5. The van der Waals surface area contributed by atoms with Crippen LogP contribution in [-0.4, -0.2) is 44.2 Å². The van der Waals surface area contributed by atoms with Crippen LogP contribution in [-0.2, 0) is 10.0 Å². The van der Waals surface area contributed by atoms with Gasteiger partial charge in [-0.1, -0.05) is 19.1 Å². The summed E-state index contributed by atoms with van der Waals surface area (Å²) in [5.74, 6) is 0.682. The summed E-state index contributed by atoms with van der Waals surface area (Å²) in [6.45, 7) is 2.48. The van der Waals surface area contributed by atoms with Crippen LogP contribution in [0.15, 0.2) is 56.9 Å². The maximum Gasteiger partial charge on any atom is 0.285 e. The summed E-state index contributed by atoms with van der Waals surface area (Å²) in [7, 11) is -2.23. The van der Waals surface area contributed by atoms with Gasteiger partial charge in [0.1, 0.15) is 4.90 Å². The molecule has 0 bridgehead atoms. The van der Waals surface area contributed by atoms with E-state index < -0.39 is 10.0 Å². The number of ether oxygens (including phenoxy) is 1. The molecule has 0 atom stereocenters. The molecular weight excluding hydrogens is 354 g/mol. The number of hydrogen-bond acceptors (Lipinski definition) is 6. The summed E-state index contributed by atoms with van der Waals surface area (Å²) in [5.41, 5.74) is 1.25. The van der Waals surface area contributed by atoms with Crippen molar-refractivity contribution in [2.75, 3.05) is 13.7 Å². The van der Waals surface area contributed by atoms with Crippen molar-refractivity contribution in [3.8, 4) is 11.5 Å². The molecule has 0 unspecified atom stereocenters. The van der Waals surface area contributed by atoms with Crippen LogP contribution in [0.25, 0.3) is 0 Å². The van der Waals surface area contributed by atoms with Gasteiger partial charge in [-0.3, -0.25) is 0 Å². The second-order valence-corrected chi connectivity index (χ2v) is 7.26. The van der Waals surface area contributed by atoms with Crippen molar-refractivity contribution in [2.24, 2.45) is 9.50 Å². The second kappa shape index (κ2) is 7.17. The standard InChI is InChI=1S/C18H19N3O4S/c1-3-10-21(19-12-13-8-9-15(22)16(11-13)25-2)18-14-6-4-5-7-17(14)26(23,24)20-18/h4-9,11-12,22H,3,10H2,1-2H3/b19-12+. The number of hydrogen-bond donors (Lipinski definition) is 1. The van der Waals surface area contributed by atoms with E-state index in [2.05, 4.69) is 9.50 Å². The van der Waals surface area contributed by atoms with E-state index >= 15 is 0 Å². The molecule has 0 aliphatic carbocycles. The first kappa shape index (κ1) is 17.9. The molecule has 0 amide bonds. The van der Waals surface area contributed by atoms with Crippen LogP contribution in [0.5, 0.6) is 11.5 Å². The molecule has 0 fully saturated rings. The van der Waals surface area contributed by atoms with Crippen LogP contribution in [0, 0.1) is 0 Å². The molecule has 0 saturated heterocycles. The maximum atomic E-state index is 12.3. The minimum absolute atomic E-state index is 0.0373. The Morgan fingerprint density at radius 3 is 2.77 bits per heavy atom. The lowest BCUT2D eigenvalue weighted by molar-refractivity contribution is 0.373. The maximum absolute atomic E-state index is 12.3. The topological polar surface area (TPSA) is 91.6 Å². The van der Waals surface area contributed by atoms with Crippen molar-refractivity contribution < 1.29 is 18.3 Å². The Morgan fingerprint density at radius 2 is 2.04 bits per heavy atom. The molecule has 1 heterocycles. The average Bonchev–Trinajstić information content (AvgIpc) is 2.91. The van der Waals surface area contributed by atoms with Crippen molar-refractivity contribution >= 4 is 22.1 Å². The van der Waals surface area contributed by atoms with E-state index in [4.69, 9.17) is 4.74 Å². The number of sulfonamides is 1. The molecule has 0 aromatic heterocycles. The van der Waals surface area contributed by atoms with E-state index in [1.807, 2.05) is 6.92 Å². The Morgan fingerprint density at radius 1 is 1.27 bits per heavy atom. The van der Waals surface area contributed by atoms with Gasteiger partial charge in [-0.25, -0.2) is 5.01 Å². The summed E-state index contributed by atoms with van der Waals surface area (Å²) in [6.07, 6.45) is 2.34. The molecule has 1 aliphatic rings. The lowest BCUT2D eigenvalue weighted by Crippen LogP contribution is -2.26. The highest BCUT2D eigenvalue weighted by molar-refractivity contribution is 7.90. The lowest BCUT2D eigenvalue weighted by atomic mass is 10.2. The highest BCUT2D eigenvalue weighted by Crippen LogP contribution is 2.28. The third kappa shape index (κ3) is 3.41. The van der Waals surface area contributed by atoms with E-state index in [9.17, 15) is 13.5 Å². The minimum atomic E-state index is -3.70. The fourth-order valence-electron chi connectivity index (χ4n) is 2.62. The summed E-state index contributed by atoms with van der Waals surface area (Å²) >= 11 is 0. The molecule has 1 aliphatic heterocycles. The van der Waals surface area contributed by atoms with Gasteiger partial charge in [0.25, 0.3) is 10.0 Å². The van der Waals surface area contributed by atoms with Crippen LogP contribution in [0.2, 0.25) is 0 Å². The van der Waals surface area contributed by atoms with Crippen molar-refractivity contribution in [1.29, 1.82) is 0 Å². The lowest BCUT2D eigenvalue weighted by Gasteiger charge is -2.18. The van der Waals surface area contributed by atoms with E-state index in [1.54, 1.807) is 47.6 Å². The third-order valence-electron chi connectivity index (χ3n) is 3.84. The summed E-state index contributed by atoms with van der Waals surface area (Å²) in [6, 6.07) is 11.5. The number of amidine groups is 1. The van der Waals surface area contributed by atoms with Gasteiger partial charge >= 0.3 is 0 Å².